The summed E-state index contributed by atoms with van der Waals surface area (Å²) < 4.78 is 0. The average molecular weight is 192 g/mol. The van der Waals surface area contributed by atoms with E-state index in [2.05, 4.69) is 45.7 Å². The molecule has 2 nitrogen and oxygen atoms in total. The van der Waals surface area contributed by atoms with E-state index < -0.39 is 0 Å². The lowest BCUT2D eigenvalue weighted by Gasteiger charge is -2.26. The zero-order chi connectivity index (χ0) is 10.9. The second-order valence-electron chi connectivity index (χ2n) is 4.20. The van der Waals surface area contributed by atoms with Gasteiger partial charge in [-0.2, -0.15) is 0 Å². The normalized spacial score (nSPS) is 10.7. The fourth-order valence-electron chi connectivity index (χ4n) is 1.41. The number of aryl methyl sites for hydroxylation is 2. The van der Waals surface area contributed by atoms with Crippen LogP contribution in [0.1, 0.15) is 25.0 Å². The van der Waals surface area contributed by atoms with Crippen molar-refractivity contribution in [3.63, 3.8) is 0 Å². The summed E-state index contributed by atoms with van der Waals surface area (Å²) in [6.07, 6.45) is 0. The summed E-state index contributed by atoms with van der Waals surface area (Å²) in [7, 11) is 2.07. The smallest absolute Gasteiger partial charge is 0.0602 e. The fourth-order valence-corrected chi connectivity index (χ4v) is 1.41. The number of hydrogen-bond acceptors (Lipinski definition) is 2. The molecule has 0 aliphatic heterocycles. The van der Waals surface area contributed by atoms with E-state index in [0.29, 0.717) is 6.04 Å². The van der Waals surface area contributed by atoms with Gasteiger partial charge in [-0.3, -0.25) is 0 Å². The Bertz CT molecular complexity index is 329. The van der Waals surface area contributed by atoms with Crippen LogP contribution in [0.3, 0.4) is 0 Å². The summed E-state index contributed by atoms with van der Waals surface area (Å²) in [5, 5.41) is 0. The van der Waals surface area contributed by atoms with Crippen LogP contribution in [0.5, 0.6) is 0 Å². The molecule has 0 heterocycles. The molecule has 2 N–H and O–H groups in total. The van der Waals surface area contributed by atoms with Crippen LogP contribution in [0.2, 0.25) is 0 Å². The second-order valence-corrected chi connectivity index (χ2v) is 4.20. The highest BCUT2D eigenvalue weighted by molar-refractivity contribution is 5.69. The van der Waals surface area contributed by atoms with E-state index in [4.69, 9.17) is 5.73 Å². The van der Waals surface area contributed by atoms with Gasteiger partial charge >= 0.3 is 0 Å². The third kappa shape index (κ3) is 2.00. The van der Waals surface area contributed by atoms with Crippen LogP contribution in [0.25, 0.3) is 0 Å². The molecule has 14 heavy (non-hydrogen) atoms. The van der Waals surface area contributed by atoms with Gasteiger partial charge in [0.2, 0.25) is 0 Å². The molecular weight excluding hydrogens is 172 g/mol. The summed E-state index contributed by atoms with van der Waals surface area (Å²) in [5.74, 6) is 0. The molecule has 0 bridgehead atoms. The van der Waals surface area contributed by atoms with Crippen molar-refractivity contribution in [2.45, 2.75) is 33.7 Å². The minimum Gasteiger partial charge on any atom is -0.397 e. The number of rotatable bonds is 2. The van der Waals surface area contributed by atoms with Gasteiger partial charge in [0.15, 0.2) is 0 Å². The van der Waals surface area contributed by atoms with E-state index in [1.54, 1.807) is 0 Å². The highest BCUT2D eigenvalue weighted by Gasteiger charge is 2.09. The van der Waals surface area contributed by atoms with Crippen LogP contribution in [0.4, 0.5) is 11.4 Å². The van der Waals surface area contributed by atoms with Crippen LogP contribution in [-0.4, -0.2) is 13.1 Å². The first kappa shape index (κ1) is 10.9. The minimum absolute atomic E-state index is 0.472. The van der Waals surface area contributed by atoms with Gasteiger partial charge in [-0.15, -0.1) is 0 Å². The van der Waals surface area contributed by atoms with Crippen LogP contribution in [0, 0.1) is 13.8 Å². The van der Waals surface area contributed by atoms with Gasteiger partial charge in [-0.05, 0) is 51.0 Å². The standard InChI is InChI=1S/C12H20N2/c1-8(2)14(5)12-7-10(4)9(3)6-11(12)13/h6-8H,13H2,1-5H3. The predicted molar refractivity (Wildman–Crippen MR) is 63.9 cm³/mol. The van der Waals surface area contributed by atoms with Gasteiger partial charge in [0, 0.05) is 13.1 Å². The Morgan fingerprint density at radius 3 is 2.14 bits per heavy atom. The topological polar surface area (TPSA) is 29.3 Å². The molecule has 0 atom stereocenters. The van der Waals surface area contributed by atoms with E-state index in [1.807, 2.05) is 6.07 Å². The van der Waals surface area contributed by atoms with E-state index >= 15 is 0 Å². The molecule has 0 saturated carbocycles. The molecule has 0 aliphatic rings. The van der Waals surface area contributed by atoms with E-state index in [9.17, 15) is 0 Å². The highest BCUT2D eigenvalue weighted by atomic mass is 15.1. The number of nitrogen functional groups attached to an aromatic ring is 1. The molecule has 1 rings (SSSR count). The van der Waals surface area contributed by atoms with Crippen LogP contribution < -0.4 is 10.6 Å². The average Bonchev–Trinajstić information content (AvgIpc) is 2.10. The Hall–Kier alpha value is -1.18. The summed E-state index contributed by atoms with van der Waals surface area (Å²) in [6.45, 7) is 8.53. The Balaban J connectivity index is 3.15. The molecular formula is C12H20N2. The first-order chi connectivity index (χ1) is 6.43. The quantitative estimate of drug-likeness (QED) is 0.730. The van der Waals surface area contributed by atoms with Gasteiger partial charge in [0.1, 0.15) is 0 Å². The highest BCUT2D eigenvalue weighted by Crippen LogP contribution is 2.27. The summed E-state index contributed by atoms with van der Waals surface area (Å²) in [5.41, 5.74) is 10.5. The zero-order valence-electron chi connectivity index (χ0n) is 9.76. The molecule has 2 heteroatoms. The van der Waals surface area contributed by atoms with Crippen molar-refractivity contribution >= 4 is 11.4 Å². The Morgan fingerprint density at radius 2 is 1.64 bits per heavy atom. The van der Waals surface area contributed by atoms with Crippen LogP contribution >= 0.6 is 0 Å². The molecule has 0 radical (unpaired) electrons. The maximum absolute atomic E-state index is 5.99. The molecule has 78 valence electrons. The Labute approximate surface area is 86.7 Å². The van der Waals surface area contributed by atoms with Crippen molar-refractivity contribution in [2.24, 2.45) is 0 Å². The molecule has 1 aromatic carbocycles. The molecule has 0 aromatic heterocycles. The SMILES string of the molecule is Cc1cc(N)c(N(C)C(C)C)cc1C. The third-order valence-electron chi connectivity index (χ3n) is 2.80. The summed E-state index contributed by atoms with van der Waals surface area (Å²) in [4.78, 5) is 2.20. The van der Waals surface area contributed by atoms with Crippen LogP contribution in [0.15, 0.2) is 12.1 Å². The number of hydrogen-bond donors (Lipinski definition) is 1. The molecule has 0 fully saturated rings. The monoisotopic (exact) mass is 192 g/mol. The van der Waals surface area contributed by atoms with Gasteiger partial charge in [0.05, 0.1) is 11.4 Å². The van der Waals surface area contributed by atoms with Crippen LogP contribution in [-0.2, 0) is 0 Å². The third-order valence-corrected chi connectivity index (χ3v) is 2.80. The number of anilines is 2. The fraction of sp³-hybridized carbons (Fsp3) is 0.500. The molecule has 0 aliphatic carbocycles. The summed E-state index contributed by atoms with van der Waals surface area (Å²) in [6, 6.07) is 4.67. The molecule has 0 saturated heterocycles. The van der Waals surface area contributed by atoms with Gasteiger partial charge in [0.25, 0.3) is 0 Å². The molecule has 0 amide bonds. The van der Waals surface area contributed by atoms with Crippen molar-refractivity contribution in [3.8, 4) is 0 Å². The zero-order valence-corrected chi connectivity index (χ0v) is 9.76. The van der Waals surface area contributed by atoms with Crippen molar-refractivity contribution < 1.29 is 0 Å². The Morgan fingerprint density at radius 1 is 1.14 bits per heavy atom. The summed E-state index contributed by atoms with van der Waals surface area (Å²) >= 11 is 0. The predicted octanol–water partition coefficient (Wildman–Crippen LogP) is 2.73. The van der Waals surface area contributed by atoms with Gasteiger partial charge in [-0.25, -0.2) is 0 Å². The first-order valence-corrected chi connectivity index (χ1v) is 5.03. The Kier molecular flexibility index (Phi) is 3.04. The first-order valence-electron chi connectivity index (χ1n) is 5.03. The van der Waals surface area contributed by atoms with E-state index in [0.717, 1.165) is 11.4 Å². The lowest BCUT2D eigenvalue weighted by Crippen LogP contribution is -2.26. The molecule has 1 aromatic rings. The largest absolute Gasteiger partial charge is 0.397 e. The van der Waals surface area contributed by atoms with Crippen molar-refractivity contribution in [3.05, 3.63) is 23.3 Å². The molecule has 0 spiro atoms. The van der Waals surface area contributed by atoms with Gasteiger partial charge < -0.3 is 10.6 Å². The number of nitrogens with two attached hydrogens (primary N) is 1. The van der Waals surface area contributed by atoms with Gasteiger partial charge in [-0.1, -0.05) is 0 Å². The maximum atomic E-state index is 5.99. The van der Waals surface area contributed by atoms with Crippen molar-refractivity contribution in [2.75, 3.05) is 17.7 Å². The minimum atomic E-state index is 0.472. The number of nitrogens with zero attached hydrogens (tertiary/aromatic N) is 1. The lowest BCUT2D eigenvalue weighted by molar-refractivity contribution is 0.755. The maximum Gasteiger partial charge on any atom is 0.0602 e. The molecule has 0 unspecified atom stereocenters. The van der Waals surface area contributed by atoms with Crippen molar-refractivity contribution in [1.29, 1.82) is 0 Å². The lowest BCUT2D eigenvalue weighted by atomic mass is 10.1. The van der Waals surface area contributed by atoms with E-state index in [1.165, 1.54) is 11.1 Å². The number of benzene rings is 1. The second kappa shape index (κ2) is 3.91. The van der Waals surface area contributed by atoms with E-state index in [-0.39, 0.29) is 0 Å². The van der Waals surface area contributed by atoms with Crippen molar-refractivity contribution in [1.82, 2.24) is 0 Å².